The average molecular weight is 403 g/mol. The largest absolute Gasteiger partial charge is 0.379 e. The number of rotatable bonds is 5. The average Bonchev–Trinajstić information content (AvgIpc) is 3.16. The maximum atomic E-state index is 9.74. The normalized spacial score (nSPS) is 20.1. The van der Waals surface area contributed by atoms with E-state index >= 15 is 0 Å². The first kappa shape index (κ1) is 20.0. The molecule has 0 bridgehead atoms. The van der Waals surface area contributed by atoms with Crippen molar-refractivity contribution in [3.8, 4) is 6.07 Å². The van der Waals surface area contributed by atoms with Gasteiger partial charge in [-0.2, -0.15) is 10.4 Å². The molecule has 8 heteroatoms. The summed E-state index contributed by atoms with van der Waals surface area (Å²) in [5, 5.41) is 24.8. The summed E-state index contributed by atoms with van der Waals surface area (Å²) in [4.78, 5) is 6.11. The van der Waals surface area contributed by atoms with Crippen molar-refractivity contribution in [3.05, 3.63) is 57.8 Å². The lowest BCUT2D eigenvalue weighted by atomic mass is 9.84. The van der Waals surface area contributed by atoms with Crippen LogP contribution in [-0.4, -0.2) is 54.5 Å². The summed E-state index contributed by atoms with van der Waals surface area (Å²) in [5.41, 5.74) is 4.57. The molecule has 3 N–H and O–H groups in total. The maximum Gasteiger partial charge on any atom is 0.196 e. The molecule has 0 spiro atoms. The summed E-state index contributed by atoms with van der Waals surface area (Å²) in [6, 6.07) is 8.27. The molecule has 4 rings (SSSR count). The van der Waals surface area contributed by atoms with Crippen molar-refractivity contribution in [2.75, 3.05) is 44.7 Å². The lowest BCUT2D eigenvalue weighted by molar-refractivity contribution is 0.0398. The minimum atomic E-state index is -0.366. The fourth-order valence-corrected chi connectivity index (χ4v) is 4.11. The Morgan fingerprint density at radius 2 is 2.13 bits per heavy atom. The molecular weight excluding hydrogens is 378 g/mol. The van der Waals surface area contributed by atoms with Gasteiger partial charge in [-0.1, -0.05) is 6.07 Å². The van der Waals surface area contributed by atoms with E-state index < -0.39 is 0 Å². The van der Waals surface area contributed by atoms with E-state index in [1.54, 1.807) is 0 Å². The van der Waals surface area contributed by atoms with Gasteiger partial charge in [0.1, 0.15) is 0 Å². The third-order valence-corrected chi connectivity index (χ3v) is 5.71. The van der Waals surface area contributed by atoms with Crippen LogP contribution in [0.3, 0.4) is 0 Å². The predicted molar refractivity (Wildman–Crippen MR) is 115 cm³/mol. The number of aromatic amines is 1. The van der Waals surface area contributed by atoms with Crippen LogP contribution < -0.4 is 10.6 Å². The number of ether oxygens (including phenoxy) is 1. The molecule has 1 saturated heterocycles. The Kier molecular flexibility index (Phi) is 5.71. The molecule has 0 amide bonds. The third-order valence-electron chi connectivity index (χ3n) is 5.71. The summed E-state index contributed by atoms with van der Waals surface area (Å²) >= 11 is 0. The molecule has 154 valence electrons. The minimum Gasteiger partial charge on any atom is -0.379 e. The first-order chi connectivity index (χ1) is 14.6. The van der Waals surface area contributed by atoms with Gasteiger partial charge in [0.05, 0.1) is 42.9 Å². The van der Waals surface area contributed by atoms with Crippen molar-refractivity contribution in [1.29, 1.82) is 5.26 Å². The number of allylic oxidation sites excluding steroid dienone is 3. The Morgan fingerprint density at radius 1 is 1.33 bits per heavy atom. The van der Waals surface area contributed by atoms with Gasteiger partial charge in [-0.3, -0.25) is 10.00 Å². The Labute approximate surface area is 176 Å². The molecule has 1 aromatic carbocycles. The van der Waals surface area contributed by atoms with Gasteiger partial charge < -0.3 is 15.4 Å². The van der Waals surface area contributed by atoms with Crippen molar-refractivity contribution in [1.82, 2.24) is 20.4 Å². The summed E-state index contributed by atoms with van der Waals surface area (Å²) in [5.74, 6) is 0.424. The van der Waals surface area contributed by atoms with Crippen LogP contribution >= 0.6 is 0 Å². The minimum absolute atomic E-state index is 0.366. The highest BCUT2D eigenvalue weighted by atomic mass is 16.5. The Morgan fingerprint density at radius 3 is 2.87 bits per heavy atom. The van der Waals surface area contributed by atoms with E-state index in [1.807, 2.05) is 32.0 Å². The van der Waals surface area contributed by atoms with E-state index in [1.165, 1.54) is 0 Å². The highest BCUT2D eigenvalue weighted by molar-refractivity contribution is 5.90. The van der Waals surface area contributed by atoms with Crippen LogP contribution in [0.2, 0.25) is 0 Å². The first-order valence-corrected chi connectivity index (χ1v) is 10.1. The second kappa shape index (κ2) is 8.58. The van der Waals surface area contributed by atoms with Gasteiger partial charge in [0.15, 0.2) is 11.5 Å². The number of anilines is 1. The summed E-state index contributed by atoms with van der Waals surface area (Å²) < 4.78 is 5.40. The van der Waals surface area contributed by atoms with Gasteiger partial charge in [0.2, 0.25) is 0 Å². The van der Waals surface area contributed by atoms with E-state index in [4.69, 9.17) is 11.3 Å². The maximum absolute atomic E-state index is 9.74. The van der Waals surface area contributed by atoms with Crippen molar-refractivity contribution < 1.29 is 4.74 Å². The number of hydrogen-bond donors (Lipinski definition) is 3. The van der Waals surface area contributed by atoms with Crippen LogP contribution in [0.25, 0.3) is 15.7 Å². The van der Waals surface area contributed by atoms with E-state index in [0.717, 1.165) is 73.1 Å². The molecule has 30 heavy (non-hydrogen) atoms. The zero-order valence-corrected chi connectivity index (χ0v) is 17.2. The van der Waals surface area contributed by atoms with Crippen LogP contribution in [0, 0.1) is 17.9 Å². The van der Waals surface area contributed by atoms with E-state index in [-0.39, 0.29) is 5.92 Å². The Hall–Kier alpha value is -3.33. The van der Waals surface area contributed by atoms with Crippen LogP contribution in [0.15, 0.2) is 40.9 Å². The summed E-state index contributed by atoms with van der Waals surface area (Å²) in [6.07, 6.45) is 0. The number of nitriles is 1. The highest BCUT2D eigenvalue weighted by Gasteiger charge is 2.30. The van der Waals surface area contributed by atoms with Crippen LogP contribution in [-0.2, 0) is 4.74 Å². The molecule has 2 aliphatic rings. The molecule has 0 saturated carbocycles. The third kappa shape index (κ3) is 3.76. The molecule has 2 aliphatic heterocycles. The number of hydrogen-bond acceptors (Lipinski definition) is 6. The number of H-pyrrole nitrogens is 1. The van der Waals surface area contributed by atoms with Crippen LogP contribution in [0.4, 0.5) is 5.82 Å². The summed E-state index contributed by atoms with van der Waals surface area (Å²) in [7, 11) is 0. The number of morpholine rings is 1. The van der Waals surface area contributed by atoms with E-state index in [0.29, 0.717) is 11.3 Å². The molecule has 1 unspecified atom stereocenters. The topological polar surface area (TPSA) is 93.4 Å². The van der Waals surface area contributed by atoms with Gasteiger partial charge in [0, 0.05) is 43.0 Å². The van der Waals surface area contributed by atoms with Crippen molar-refractivity contribution >= 4 is 16.7 Å². The number of fused-ring (bicyclic) bond motifs is 1. The molecule has 0 radical (unpaired) electrons. The van der Waals surface area contributed by atoms with Gasteiger partial charge in [-0.25, -0.2) is 4.85 Å². The fourth-order valence-electron chi connectivity index (χ4n) is 4.11. The van der Waals surface area contributed by atoms with Gasteiger partial charge >= 0.3 is 0 Å². The molecule has 8 nitrogen and oxygen atoms in total. The first-order valence-electron chi connectivity index (χ1n) is 10.1. The van der Waals surface area contributed by atoms with Gasteiger partial charge in [-0.15, -0.1) is 0 Å². The van der Waals surface area contributed by atoms with Crippen LogP contribution in [0.1, 0.15) is 25.3 Å². The molecule has 1 fully saturated rings. The molecule has 1 aromatic heterocycles. The van der Waals surface area contributed by atoms with E-state index in [9.17, 15) is 5.26 Å². The van der Waals surface area contributed by atoms with Crippen molar-refractivity contribution in [3.63, 3.8) is 0 Å². The molecule has 0 aliphatic carbocycles. The predicted octanol–water partition coefficient (Wildman–Crippen LogP) is 2.94. The van der Waals surface area contributed by atoms with Gasteiger partial charge in [0.25, 0.3) is 0 Å². The molecular formula is C22H25N7O. The number of nitrogens with zero attached hydrogens (tertiary/aromatic N) is 4. The molecule has 3 heterocycles. The Balaban J connectivity index is 1.61. The lowest BCUT2D eigenvalue weighted by Crippen LogP contribution is -2.39. The van der Waals surface area contributed by atoms with Crippen molar-refractivity contribution in [2.24, 2.45) is 0 Å². The van der Waals surface area contributed by atoms with E-state index in [2.05, 4.69) is 36.6 Å². The monoisotopic (exact) mass is 403 g/mol. The number of nitrogens with one attached hydrogen (secondary N) is 3. The van der Waals surface area contributed by atoms with Crippen LogP contribution in [0.5, 0.6) is 0 Å². The number of benzene rings is 1. The van der Waals surface area contributed by atoms with Crippen molar-refractivity contribution in [2.45, 2.75) is 19.8 Å². The summed E-state index contributed by atoms with van der Waals surface area (Å²) in [6.45, 7) is 16.6. The highest BCUT2D eigenvalue weighted by Crippen LogP contribution is 2.39. The molecule has 2 aromatic rings. The smallest absolute Gasteiger partial charge is 0.196 e. The second-order valence-electron chi connectivity index (χ2n) is 7.59. The lowest BCUT2D eigenvalue weighted by Gasteiger charge is -2.26. The zero-order chi connectivity index (χ0) is 21.1. The Bertz CT molecular complexity index is 1060. The zero-order valence-electron chi connectivity index (χ0n) is 17.2. The van der Waals surface area contributed by atoms with Gasteiger partial charge in [-0.05, 0) is 31.5 Å². The SMILES string of the molecule is [C-]#[N+]C1=C(C)NC(C)=C(C#N)C1c1ccc2[nH]nc(NCCN3CCOCC3)c2c1. The molecule has 1 atom stereocenters. The standard InChI is InChI=1S/C22H25N7O/c1-14-18(13-23)20(21(24-3)15(2)26-14)16-4-5-19-17(12-16)22(28-27-19)25-6-7-29-8-10-30-11-9-29/h4-5,12,20,26H,6-11H2,1-2H3,(H2,25,27,28). The quantitative estimate of drug-likeness (QED) is 0.665. The number of aromatic nitrogens is 2. The number of dihydropyridines is 1. The second-order valence-corrected chi connectivity index (χ2v) is 7.59. The fraction of sp³-hybridized carbons (Fsp3) is 0.409.